The van der Waals surface area contributed by atoms with Crippen LogP contribution in [0.1, 0.15) is 18.5 Å². The van der Waals surface area contributed by atoms with Gasteiger partial charge in [-0.3, -0.25) is 14.9 Å². The van der Waals surface area contributed by atoms with Gasteiger partial charge in [-0.2, -0.15) is 0 Å². The average molecular weight is 402 g/mol. The van der Waals surface area contributed by atoms with E-state index in [1.165, 1.54) is 18.4 Å². The van der Waals surface area contributed by atoms with Crippen LogP contribution in [-0.4, -0.2) is 48.0 Å². The number of ether oxygens (including phenoxy) is 1. The first kappa shape index (κ1) is 19.8. The van der Waals surface area contributed by atoms with Crippen LogP contribution in [0, 0.1) is 5.92 Å². The number of anilines is 2. The number of hydrogen-bond donors (Lipinski definition) is 2. The largest absolute Gasteiger partial charge is 0.469 e. The number of nitrogens with one attached hydrogen (secondary N) is 2. The number of para-hydroxylation sites is 1. The quantitative estimate of drug-likeness (QED) is 0.724. The van der Waals surface area contributed by atoms with Crippen molar-refractivity contribution in [1.29, 1.82) is 0 Å². The van der Waals surface area contributed by atoms with E-state index < -0.39 is 0 Å². The highest BCUT2D eigenvalue weighted by Crippen LogP contribution is 2.20. The van der Waals surface area contributed by atoms with Crippen molar-refractivity contribution in [1.82, 2.24) is 9.88 Å². The second-order valence-electron chi connectivity index (χ2n) is 6.44. The van der Waals surface area contributed by atoms with Gasteiger partial charge in [-0.05, 0) is 25.0 Å². The number of urea groups is 1. The van der Waals surface area contributed by atoms with Crippen molar-refractivity contribution in [3.63, 3.8) is 0 Å². The standard InChI is InChI=1S/C19H22N4O4S/c1-27-17(25)13-9-10-23(11-13)16(24)8-7-15-12-28-19(21-15)22-18(26)20-14-5-3-2-4-6-14/h2-6,12-13H,7-11H2,1H3,(H2,20,21,22,26). The Balaban J connectivity index is 1.44. The molecule has 1 fully saturated rings. The Kier molecular flexibility index (Phi) is 6.59. The summed E-state index contributed by atoms with van der Waals surface area (Å²) in [6.07, 6.45) is 1.43. The number of thiazole rings is 1. The van der Waals surface area contributed by atoms with Gasteiger partial charge in [0.25, 0.3) is 0 Å². The number of hydrogen-bond acceptors (Lipinski definition) is 6. The molecule has 1 aromatic carbocycles. The predicted octanol–water partition coefficient (Wildman–Crippen LogP) is 2.74. The van der Waals surface area contributed by atoms with Crippen LogP contribution in [0.2, 0.25) is 0 Å². The molecule has 28 heavy (non-hydrogen) atoms. The zero-order chi connectivity index (χ0) is 19.9. The molecule has 9 heteroatoms. The van der Waals surface area contributed by atoms with Gasteiger partial charge in [0.15, 0.2) is 5.13 Å². The van der Waals surface area contributed by atoms with E-state index in [-0.39, 0.29) is 23.8 Å². The van der Waals surface area contributed by atoms with Gasteiger partial charge in [0, 0.05) is 30.6 Å². The van der Waals surface area contributed by atoms with Gasteiger partial charge < -0.3 is 15.0 Å². The minimum atomic E-state index is -0.367. The number of aromatic nitrogens is 1. The first-order chi connectivity index (χ1) is 13.5. The van der Waals surface area contributed by atoms with E-state index in [0.717, 1.165) is 5.69 Å². The molecule has 0 aliphatic carbocycles. The minimum Gasteiger partial charge on any atom is -0.469 e. The summed E-state index contributed by atoms with van der Waals surface area (Å²) in [5.74, 6) is -0.498. The molecule has 1 aliphatic rings. The fourth-order valence-corrected chi connectivity index (χ4v) is 3.74. The summed E-state index contributed by atoms with van der Waals surface area (Å²) in [5, 5.41) is 7.71. The van der Waals surface area contributed by atoms with Crippen LogP contribution in [0.4, 0.5) is 15.6 Å². The summed E-state index contributed by atoms with van der Waals surface area (Å²) >= 11 is 1.31. The number of likely N-dealkylation sites (tertiary alicyclic amines) is 1. The lowest BCUT2D eigenvalue weighted by molar-refractivity contribution is -0.145. The number of methoxy groups -OCH3 is 1. The average Bonchev–Trinajstić information content (AvgIpc) is 3.36. The van der Waals surface area contributed by atoms with Gasteiger partial charge >= 0.3 is 12.0 Å². The summed E-state index contributed by atoms with van der Waals surface area (Å²) in [4.78, 5) is 41.9. The Labute approximate surface area is 166 Å². The van der Waals surface area contributed by atoms with Crippen molar-refractivity contribution in [2.75, 3.05) is 30.8 Å². The molecule has 1 saturated heterocycles. The molecule has 1 aliphatic heterocycles. The Bertz CT molecular complexity index is 839. The van der Waals surface area contributed by atoms with Crippen molar-refractivity contribution < 1.29 is 19.1 Å². The summed E-state index contributed by atoms with van der Waals surface area (Å²) in [6.45, 7) is 0.983. The Morgan fingerprint density at radius 1 is 1.25 bits per heavy atom. The zero-order valence-electron chi connectivity index (χ0n) is 15.5. The third-order valence-corrected chi connectivity index (χ3v) is 5.28. The predicted molar refractivity (Wildman–Crippen MR) is 106 cm³/mol. The summed E-state index contributed by atoms with van der Waals surface area (Å²) in [6, 6.07) is 8.76. The molecule has 3 rings (SSSR count). The molecule has 2 N–H and O–H groups in total. The monoisotopic (exact) mass is 402 g/mol. The molecule has 0 bridgehead atoms. The third kappa shape index (κ3) is 5.29. The first-order valence-corrected chi connectivity index (χ1v) is 9.86. The van der Waals surface area contributed by atoms with Crippen LogP contribution < -0.4 is 10.6 Å². The molecular formula is C19H22N4O4S. The lowest BCUT2D eigenvalue weighted by Crippen LogP contribution is -2.30. The van der Waals surface area contributed by atoms with Crippen LogP contribution in [0.3, 0.4) is 0 Å². The van der Waals surface area contributed by atoms with Crippen molar-refractivity contribution >= 4 is 40.1 Å². The number of benzene rings is 1. The van der Waals surface area contributed by atoms with Crippen LogP contribution in [0.15, 0.2) is 35.7 Å². The topological polar surface area (TPSA) is 101 Å². The molecule has 148 valence electrons. The van der Waals surface area contributed by atoms with Crippen LogP contribution in [-0.2, 0) is 20.7 Å². The number of amides is 3. The second kappa shape index (κ2) is 9.32. The smallest absolute Gasteiger partial charge is 0.325 e. The molecule has 1 atom stereocenters. The number of aryl methyl sites for hydroxylation is 1. The molecular weight excluding hydrogens is 380 g/mol. The maximum Gasteiger partial charge on any atom is 0.325 e. The third-order valence-electron chi connectivity index (χ3n) is 4.47. The summed E-state index contributed by atoms with van der Waals surface area (Å²) in [7, 11) is 1.36. The maximum absolute atomic E-state index is 12.3. The molecule has 1 unspecified atom stereocenters. The second-order valence-corrected chi connectivity index (χ2v) is 7.30. The highest BCUT2D eigenvalue weighted by Gasteiger charge is 2.31. The number of nitrogens with zero attached hydrogens (tertiary/aromatic N) is 2. The fraction of sp³-hybridized carbons (Fsp3) is 0.368. The van der Waals surface area contributed by atoms with Crippen LogP contribution in [0.5, 0.6) is 0 Å². The first-order valence-electron chi connectivity index (χ1n) is 8.98. The SMILES string of the molecule is COC(=O)C1CCN(C(=O)CCc2csc(NC(=O)Nc3ccccc3)n2)C1. The highest BCUT2D eigenvalue weighted by atomic mass is 32.1. The maximum atomic E-state index is 12.3. The lowest BCUT2D eigenvalue weighted by atomic mass is 10.1. The molecule has 3 amide bonds. The van der Waals surface area contributed by atoms with E-state index in [4.69, 9.17) is 4.74 Å². The molecule has 0 radical (unpaired) electrons. The highest BCUT2D eigenvalue weighted by molar-refractivity contribution is 7.13. The Morgan fingerprint density at radius 2 is 2.04 bits per heavy atom. The molecule has 0 spiro atoms. The van der Waals surface area contributed by atoms with Crippen molar-refractivity contribution in [3.05, 3.63) is 41.4 Å². The molecule has 2 aromatic rings. The van der Waals surface area contributed by atoms with Crippen molar-refractivity contribution in [2.45, 2.75) is 19.3 Å². The van der Waals surface area contributed by atoms with Gasteiger partial charge in [-0.15, -0.1) is 11.3 Å². The molecule has 1 aromatic heterocycles. The fourth-order valence-electron chi connectivity index (χ4n) is 3.00. The minimum absolute atomic E-state index is 0.00395. The number of carbonyl (C=O) groups is 3. The van der Waals surface area contributed by atoms with Crippen molar-refractivity contribution in [2.24, 2.45) is 5.92 Å². The molecule has 0 saturated carbocycles. The van der Waals surface area contributed by atoms with Gasteiger partial charge in [-0.1, -0.05) is 18.2 Å². The van der Waals surface area contributed by atoms with E-state index >= 15 is 0 Å². The van der Waals surface area contributed by atoms with E-state index in [1.54, 1.807) is 17.0 Å². The van der Waals surface area contributed by atoms with Gasteiger partial charge in [0.2, 0.25) is 5.91 Å². The normalized spacial score (nSPS) is 15.9. The Hall–Kier alpha value is -2.94. The van der Waals surface area contributed by atoms with Gasteiger partial charge in [0.1, 0.15) is 0 Å². The number of carbonyl (C=O) groups excluding carboxylic acids is 3. The summed E-state index contributed by atoms with van der Waals surface area (Å²) in [5.41, 5.74) is 1.44. The number of rotatable bonds is 6. The molecule has 8 nitrogen and oxygen atoms in total. The van der Waals surface area contributed by atoms with Crippen LogP contribution in [0.25, 0.3) is 0 Å². The van der Waals surface area contributed by atoms with E-state index in [9.17, 15) is 14.4 Å². The van der Waals surface area contributed by atoms with E-state index in [1.807, 2.05) is 23.6 Å². The Morgan fingerprint density at radius 3 is 2.79 bits per heavy atom. The zero-order valence-corrected chi connectivity index (χ0v) is 16.3. The van der Waals surface area contributed by atoms with Gasteiger partial charge in [0.05, 0.1) is 18.7 Å². The van der Waals surface area contributed by atoms with E-state index in [0.29, 0.717) is 43.2 Å². The lowest BCUT2D eigenvalue weighted by Gasteiger charge is -2.15. The van der Waals surface area contributed by atoms with Gasteiger partial charge in [-0.25, -0.2) is 9.78 Å². The number of esters is 1. The van der Waals surface area contributed by atoms with Crippen molar-refractivity contribution in [3.8, 4) is 0 Å². The molecule has 2 heterocycles. The van der Waals surface area contributed by atoms with Crippen LogP contribution >= 0.6 is 11.3 Å². The van der Waals surface area contributed by atoms with E-state index in [2.05, 4.69) is 15.6 Å². The summed E-state index contributed by atoms with van der Waals surface area (Å²) < 4.78 is 4.74.